The monoisotopic (exact) mass is 368 g/mol. The normalized spacial score (nSPS) is 11.1. The summed E-state index contributed by atoms with van der Waals surface area (Å²) < 4.78 is 6.78. The lowest BCUT2D eigenvalue weighted by molar-refractivity contribution is -0.700. The SMILES string of the molecule is CCOC(=O)C(c1ccc(-c2ccccc2)cc1)[n+]1c[nH]c(N=O)c1.CO. The molecule has 7 nitrogen and oxygen atoms in total. The third-order valence-electron chi connectivity index (χ3n) is 3.87. The van der Waals surface area contributed by atoms with Crippen molar-refractivity contribution in [3.8, 4) is 11.1 Å². The lowest BCUT2D eigenvalue weighted by Gasteiger charge is -2.13. The van der Waals surface area contributed by atoms with Crippen LogP contribution >= 0.6 is 0 Å². The topological polar surface area (TPSA) is 95.6 Å². The van der Waals surface area contributed by atoms with E-state index in [1.807, 2.05) is 54.6 Å². The highest BCUT2D eigenvalue weighted by Crippen LogP contribution is 2.23. The number of benzene rings is 2. The van der Waals surface area contributed by atoms with E-state index >= 15 is 0 Å². The van der Waals surface area contributed by atoms with Crippen LogP contribution in [0.2, 0.25) is 0 Å². The summed E-state index contributed by atoms with van der Waals surface area (Å²) in [5.41, 5.74) is 2.92. The van der Waals surface area contributed by atoms with Crippen molar-refractivity contribution in [3.63, 3.8) is 0 Å². The minimum atomic E-state index is -0.684. The summed E-state index contributed by atoms with van der Waals surface area (Å²) >= 11 is 0. The fraction of sp³-hybridized carbons (Fsp3) is 0.200. The van der Waals surface area contributed by atoms with Gasteiger partial charge in [-0.15, -0.1) is 4.91 Å². The van der Waals surface area contributed by atoms with E-state index in [4.69, 9.17) is 9.84 Å². The fourth-order valence-electron chi connectivity index (χ4n) is 2.69. The highest BCUT2D eigenvalue weighted by Gasteiger charge is 2.29. The first-order valence-electron chi connectivity index (χ1n) is 8.42. The first-order chi connectivity index (χ1) is 13.2. The molecule has 0 aliphatic carbocycles. The van der Waals surface area contributed by atoms with E-state index < -0.39 is 12.0 Å². The van der Waals surface area contributed by atoms with Crippen molar-refractivity contribution >= 4 is 11.8 Å². The van der Waals surface area contributed by atoms with Gasteiger partial charge in [0.1, 0.15) is 0 Å². The van der Waals surface area contributed by atoms with Gasteiger partial charge in [0.05, 0.1) is 6.61 Å². The highest BCUT2D eigenvalue weighted by atomic mass is 16.5. The van der Waals surface area contributed by atoms with Crippen LogP contribution in [-0.2, 0) is 9.53 Å². The Balaban J connectivity index is 0.00000126. The number of hydrogen-bond acceptors (Lipinski definition) is 5. The Morgan fingerprint density at radius 1 is 1.11 bits per heavy atom. The van der Waals surface area contributed by atoms with Crippen LogP contribution in [0, 0.1) is 4.91 Å². The summed E-state index contributed by atoms with van der Waals surface area (Å²) in [5.74, 6) is -0.244. The largest absolute Gasteiger partial charge is 0.463 e. The molecule has 0 radical (unpaired) electrons. The first kappa shape index (κ1) is 20.0. The molecule has 27 heavy (non-hydrogen) atoms. The summed E-state index contributed by atoms with van der Waals surface area (Å²) in [5, 5.41) is 9.85. The summed E-state index contributed by atoms with van der Waals surface area (Å²) in [6, 6.07) is 17.0. The molecule has 1 heterocycles. The first-order valence-corrected chi connectivity index (χ1v) is 8.42. The predicted octanol–water partition coefficient (Wildman–Crippen LogP) is 3.13. The summed E-state index contributed by atoms with van der Waals surface area (Å²) in [6.07, 6.45) is 3.02. The van der Waals surface area contributed by atoms with Gasteiger partial charge < -0.3 is 9.84 Å². The van der Waals surface area contributed by atoms with Gasteiger partial charge in [0.15, 0.2) is 6.20 Å². The minimum absolute atomic E-state index is 0.148. The number of esters is 1. The molecule has 1 aromatic heterocycles. The quantitative estimate of drug-likeness (QED) is 0.397. The molecule has 0 fully saturated rings. The summed E-state index contributed by atoms with van der Waals surface area (Å²) in [4.78, 5) is 25.8. The Morgan fingerprint density at radius 2 is 1.74 bits per heavy atom. The number of H-pyrrole nitrogens is 1. The third-order valence-corrected chi connectivity index (χ3v) is 3.87. The second-order valence-corrected chi connectivity index (χ2v) is 5.47. The molecule has 3 rings (SSSR count). The Kier molecular flexibility index (Phi) is 7.39. The number of ether oxygens (including phenoxy) is 1. The van der Waals surface area contributed by atoms with Crippen LogP contribution < -0.4 is 4.57 Å². The van der Waals surface area contributed by atoms with E-state index in [9.17, 15) is 9.70 Å². The second-order valence-electron chi connectivity index (χ2n) is 5.47. The van der Waals surface area contributed by atoms with Crippen molar-refractivity contribution in [1.82, 2.24) is 4.98 Å². The molecule has 2 N–H and O–H groups in total. The Bertz CT molecular complexity index is 860. The lowest BCUT2D eigenvalue weighted by atomic mass is 10.0. The molecular weight excluding hydrogens is 346 g/mol. The maximum Gasteiger partial charge on any atom is 0.356 e. The zero-order valence-electron chi connectivity index (χ0n) is 15.2. The molecule has 1 atom stereocenters. The summed E-state index contributed by atoms with van der Waals surface area (Å²) in [6.45, 7) is 2.04. The van der Waals surface area contributed by atoms with Crippen LogP contribution in [0.4, 0.5) is 5.82 Å². The second kappa shape index (κ2) is 9.98. The number of aliphatic hydroxyl groups excluding tert-OH is 1. The molecule has 140 valence electrons. The third kappa shape index (κ3) is 4.86. The van der Waals surface area contributed by atoms with Crippen molar-refractivity contribution in [2.45, 2.75) is 13.0 Å². The van der Waals surface area contributed by atoms with Crippen LogP contribution in [0.1, 0.15) is 18.5 Å². The molecular formula is C20H22N3O4+. The number of carbonyl (C=O) groups is 1. The molecule has 0 spiro atoms. The molecule has 1 unspecified atom stereocenters. The van der Waals surface area contributed by atoms with E-state index in [-0.39, 0.29) is 12.4 Å². The lowest BCUT2D eigenvalue weighted by Crippen LogP contribution is -2.43. The number of nitrogens with zero attached hydrogens (tertiary/aromatic N) is 2. The average molecular weight is 368 g/mol. The van der Waals surface area contributed by atoms with Crippen LogP contribution in [0.25, 0.3) is 11.1 Å². The molecule has 0 aliphatic heterocycles. The smallest absolute Gasteiger partial charge is 0.356 e. The number of nitrogens with one attached hydrogen (secondary N) is 1. The van der Waals surface area contributed by atoms with Gasteiger partial charge in [-0.3, -0.25) is 0 Å². The number of imidazole rings is 1. The molecule has 0 saturated heterocycles. The molecule has 7 heteroatoms. The zero-order valence-corrected chi connectivity index (χ0v) is 15.2. The Hall–Kier alpha value is -3.32. The van der Waals surface area contributed by atoms with Crippen molar-refractivity contribution in [1.29, 1.82) is 0 Å². The van der Waals surface area contributed by atoms with Gasteiger partial charge in [0.2, 0.25) is 12.4 Å². The Labute approximate surface area is 157 Å². The van der Waals surface area contributed by atoms with Gasteiger partial charge in [0.25, 0.3) is 5.82 Å². The molecule has 0 bridgehead atoms. The zero-order chi connectivity index (χ0) is 19.6. The van der Waals surface area contributed by atoms with E-state index in [1.54, 1.807) is 11.5 Å². The van der Waals surface area contributed by atoms with Crippen LogP contribution in [0.15, 0.2) is 72.3 Å². The maximum atomic E-state index is 12.4. The van der Waals surface area contributed by atoms with Crippen molar-refractivity contribution in [2.24, 2.45) is 5.18 Å². The van der Waals surface area contributed by atoms with Crippen LogP contribution in [-0.4, -0.2) is 29.8 Å². The van der Waals surface area contributed by atoms with E-state index in [0.29, 0.717) is 0 Å². The molecule has 0 saturated carbocycles. The number of nitroso groups, excluding NO2 is 1. The van der Waals surface area contributed by atoms with E-state index in [2.05, 4.69) is 10.2 Å². The minimum Gasteiger partial charge on any atom is -0.463 e. The average Bonchev–Trinajstić information content (AvgIpc) is 3.20. The molecule has 3 aromatic rings. The maximum absolute atomic E-state index is 12.4. The van der Waals surface area contributed by atoms with E-state index in [1.165, 1.54) is 12.5 Å². The van der Waals surface area contributed by atoms with Gasteiger partial charge in [-0.1, -0.05) is 54.6 Å². The van der Waals surface area contributed by atoms with Gasteiger partial charge in [-0.25, -0.2) is 14.3 Å². The van der Waals surface area contributed by atoms with Gasteiger partial charge in [0, 0.05) is 17.9 Å². The highest BCUT2D eigenvalue weighted by molar-refractivity contribution is 5.76. The molecule has 2 aromatic carbocycles. The number of rotatable bonds is 6. The molecule has 0 amide bonds. The van der Waals surface area contributed by atoms with Crippen molar-refractivity contribution in [3.05, 3.63) is 77.6 Å². The van der Waals surface area contributed by atoms with Crippen molar-refractivity contribution in [2.75, 3.05) is 13.7 Å². The number of aliphatic hydroxyl groups is 1. The van der Waals surface area contributed by atoms with E-state index in [0.717, 1.165) is 23.8 Å². The van der Waals surface area contributed by atoms with Crippen LogP contribution in [0.5, 0.6) is 0 Å². The van der Waals surface area contributed by atoms with Crippen LogP contribution in [0.3, 0.4) is 0 Å². The standard InChI is InChI=1S/C19H17N3O3.CH4O/c1-2-25-19(23)18(22-12-17(21-24)20-13-22)16-10-8-15(9-11-16)14-6-4-3-5-7-14;1-2/h3-13,18H,2H2,1H3;2H,1H3/p+1. The number of aromatic amines is 1. The summed E-state index contributed by atoms with van der Waals surface area (Å²) in [7, 11) is 1.00. The number of hydrogen-bond donors (Lipinski definition) is 2. The van der Waals surface area contributed by atoms with Gasteiger partial charge in [-0.05, 0) is 18.1 Å². The van der Waals surface area contributed by atoms with Crippen molar-refractivity contribution < 1.29 is 19.2 Å². The predicted molar refractivity (Wildman–Crippen MR) is 101 cm³/mol. The number of carbonyl (C=O) groups excluding carboxylic acids is 1. The Morgan fingerprint density at radius 3 is 2.30 bits per heavy atom. The molecule has 0 aliphatic rings. The van der Waals surface area contributed by atoms with Gasteiger partial charge in [-0.2, -0.15) is 0 Å². The van der Waals surface area contributed by atoms with Gasteiger partial charge >= 0.3 is 5.97 Å². The number of aromatic nitrogens is 2. The fourth-order valence-corrected chi connectivity index (χ4v) is 2.69.